The fourth-order valence-electron chi connectivity index (χ4n) is 4.06. The zero-order valence-corrected chi connectivity index (χ0v) is 16.9. The number of halogens is 3. The lowest BCUT2D eigenvalue weighted by molar-refractivity contribution is 0.392. The molecule has 1 aliphatic heterocycles. The third kappa shape index (κ3) is 3.14. The summed E-state index contributed by atoms with van der Waals surface area (Å²) in [4.78, 5) is 17.3. The Balaban J connectivity index is 1.59. The van der Waals surface area contributed by atoms with E-state index in [2.05, 4.69) is 19.9 Å². The molecule has 29 heavy (non-hydrogen) atoms. The van der Waals surface area contributed by atoms with Crippen LogP contribution in [0.25, 0.3) is 11.0 Å². The largest absolute Gasteiger partial charge is 0.379 e. The van der Waals surface area contributed by atoms with E-state index in [9.17, 15) is 8.78 Å². The van der Waals surface area contributed by atoms with Gasteiger partial charge in [0.25, 0.3) is 0 Å². The van der Waals surface area contributed by atoms with Crippen molar-refractivity contribution in [3.63, 3.8) is 0 Å². The van der Waals surface area contributed by atoms with Gasteiger partial charge >= 0.3 is 0 Å². The Morgan fingerprint density at radius 3 is 2.90 bits per heavy atom. The first-order valence-electron chi connectivity index (χ1n) is 9.10. The molecule has 2 aliphatic rings. The second-order valence-electron chi connectivity index (χ2n) is 7.55. The van der Waals surface area contributed by atoms with Gasteiger partial charge in [0.05, 0.1) is 21.8 Å². The molecule has 2 N–H and O–H groups in total. The van der Waals surface area contributed by atoms with E-state index in [1.165, 1.54) is 30.4 Å². The maximum absolute atomic E-state index is 14.8. The lowest BCUT2D eigenvalue weighted by Crippen LogP contribution is -2.32. The number of thioether (sulfide) groups is 1. The molecule has 2 aromatic heterocycles. The number of nitrogens with zero attached hydrogens (tertiary/aromatic N) is 4. The monoisotopic (exact) mass is 431 g/mol. The Hall–Kier alpha value is -2.32. The van der Waals surface area contributed by atoms with Gasteiger partial charge in [0.1, 0.15) is 11.8 Å². The quantitative estimate of drug-likeness (QED) is 0.672. The molecule has 0 amide bonds. The highest BCUT2D eigenvalue weighted by Crippen LogP contribution is 2.57. The smallest absolute Gasteiger partial charge is 0.164 e. The third-order valence-corrected chi connectivity index (χ3v) is 6.95. The zero-order valence-electron chi connectivity index (χ0n) is 15.4. The Morgan fingerprint density at radius 2 is 2.07 bits per heavy atom. The van der Waals surface area contributed by atoms with Gasteiger partial charge in [-0.25, -0.2) is 18.7 Å². The Labute approximate surface area is 174 Å². The number of pyridine rings is 1. The number of rotatable bonds is 3. The lowest BCUT2D eigenvalue weighted by Gasteiger charge is -2.30. The minimum absolute atomic E-state index is 0.146. The first-order valence-corrected chi connectivity index (χ1v) is 10.4. The summed E-state index contributed by atoms with van der Waals surface area (Å²) in [6.07, 6.45) is 4.09. The van der Waals surface area contributed by atoms with E-state index in [0.29, 0.717) is 37.7 Å². The molecule has 5 nitrogen and oxygen atoms in total. The fourth-order valence-corrected chi connectivity index (χ4v) is 5.49. The molecule has 3 heterocycles. The number of hydrogen-bond donors (Lipinski definition) is 1. The van der Waals surface area contributed by atoms with Gasteiger partial charge in [0, 0.05) is 29.3 Å². The molecule has 148 valence electrons. The van der Waals surface area contributed by atoms with Crippen molar-refractivity contribution in [3.8, 4) is 0 Å². The Kier molecular flexibility index (Phi) is 4.25. The van der Waals surface area contributed by atoms with Crippen LogP contribution in [0.5, 0.6) is 0 Å². The highest BCUT2D eigenvalue weighted by Gasteiger charge is 2.55. The summed E-state index contributed by atoms with van der Waals surface area (Å²) >= 11 is 7.49. The maximum Gasteiger partial charge on any atom is 0.164 e. The van der Waals surface area contributed by atoms with Crippen LogP contribution in [0.4, 0.5) is 8.78 Å². The summed E-state index contributed by atoms with van der Waals surface area (Å²) in [5.74, 6) is -1.63. The number of aliphatic imine (C=N–C) groups is 1. The minimum atomic E-state index is -0.905. The number of amidine groups is 1. The highest BCUT2D eigenvalue weighted by molar-refractivity contribution is 8.14. The van der Waals surface area contributed by atoms with Crippen LogP contribution in [0.3, 0.4) is 0 Å². The van der Waals surface area contributed by atoms with E-state index < -0.39 is 17.2 Å². The van der Waals surface area contributed by atoms with Crippen molar-refractivity contribution in [2.24, 2.45) is 16.6 Å². The average Bonchev–Trinajstić information content (AvgIpc) is 3.44. The van der Waals surface area contributed by atoms with Gasteiger partial charge in [-0.05, 0) is 37.1 Å². The average molecular weight is 432 g/mol. The van der Waals surface area contributed by atoms with Crippen LogP contribution in [-0.4, -0.2) is 25.4 Å². The van der Waals surface area contributed by atoms with Gasteiger partial charge in [-0.2, -0.15) is 0 Å². The standard InChI is InChI=1S/C20H16ClF2N5S/c1-20(11-6-16(11)29-19(24)28-20)12-2-9(3-13(22)17(12)23)4-14-18-15(27-8-26-14)5-10(21)7-25-18/h2-3,5,7-8,11,16H,4,6H2,1H3,(H2,24,28)/t11-,16+,20+/m1/s1. The van der Waals surface area contributed by atoms with Gasteiger partial charge < -0.3 is 5.73 Å². The molecule has 0 unspecified atom stereocenters. The van der Waals surface area contributed by atoms with Gasteiger partial charge in [0.15, 0.2) is 16.8 Å². The molecule has 3 atom stereocenters. The molecule has 1 saturated carbocycles. The molecule has 0 radical (unpaired) electrons. The van der Waals surface area contributed by atoms with Crippen LogP contribution >= 0.6 is 23.4 Å². The van der Waals surface area contributed by atoms with Gasteiger partial charge in [0.2, 0.25) is 0 Å². The number of nitrogens with two attached hydrogens (primary N) is 1. The van der Waals surface area contributed by atoms with Crippen LogP contribution in [-0.2, 0) is 12.0 Å². The zero-order chi connectivity index (χ0) is 20.3. The molecule has 1 fully saturated rings. The van der Waals surface area contributed by atoms with Crippen LogP contribution in [0.15, 0.2) is 35.7 Å². The van der Waals surface area contributed by atoms with E-state index in [4.69, 9.17) is 17.3 Å². The van der Waals surface area contributed by atoms with Gasteiger partial charge in [-0.15, -0.1) is 0 Å². The van der Waals surface area contributed by atoms with Crippen molar-refractivity contribution >= 4 is 39.6 Å². The van der Waals surface area contributed by atoms with Crippen LogP contribution in [0.2, 0.25) is 5.02 Å². The van der Waals surface area contributed by atoms with Crippen molar-refractivity contribution < 1.29 is 8.78 Å². The summed E-state index contributed by atoms with van der Waals surface area (Å²) in [6, 6.07) is 4.56. The maximum atomic E-state index is 14.8. The van der Waals surface area contributed by atoms with E-state index >= 15 is 0 Å². The van der Waals surface area contributed by atoms with E-state index in [1.807, 2.05) is 6.92 Å². The minimum Gasteiger partial charge on any atom is -0.379 e. The molecule has 0 spiro atoms. The number of fused-ring (bicyclic) bond motifs is 2. The summed E-state index contributed by atoms with van der Waals surface area (Å²) in [7, 11) is 0. The molecular weight excluding hydrogens is 416 g/mol. The van der Waals surface area contributed by atoms with Crippen LogP contribution < -0.4 is 5.73 Å². The fraction of sp³-hybridized carbons (Fsp3) is 0.300. The Bertz CT molecular complexity index is 1190. The topological polar surface area (TPSA) is 77.0 Å². The molecule has 0 saturated heterocycles. The second-order valence-corrected chi connectivity index (χ2v) is 9.25. The van der Waals surface area contributed by atoms with Crippen molar-refractivity contribution in [2.45, 2.75) is 30.6 Å². The third-order valence-electron chi connectivity index (χ3n) is 5.59. The van der Waals surface area contributed by atoms with Gasteiger partial charge in [-0.3, -0.25) is 9.98 Å². The summed E-state index contributed by atoms with van der Waals surface area (Å²) in [6.45, 7) is 1.83. The number of benzene rings is 1. The molecular formula is C20H16ClF2N5S. The second kappa shape index (κ2) is 6.60. The first-order chi connectivity index (χ1) is 13.8. The normalized spacial score (nSPS) is 25.6. The summed E-state index contributed by atoms with van der Waals surface area (Å²) < 4.78 is 29.4. The number of aromatic nitrogens is 3. The molecule has 9 heteroatoms. The lowest BCUT2D eigenvalue weighted by atomic mass is 9.85. The van der Waals surface area contributed by atoms with Crippen molar-refractivity contribution in [1.82, 2.24) is 15.0 Å². The molecule has 3 aromatic rings. The molecule has 5 rings (SSSR count). The SMILES string of the molecule is C[C@]1(c2cc(Cc3ncnc4cc(Cl)cnc34)cc(F)c2F)N=C(N)S[C@H]2C[C@H]21. The van der Waals surface area contributed by atoms with E-state index in [0.717, 1.165) is 6.42 Å². The van der Waals surface area contributed by atoms with Crippen LogP contribution in [0.1, 0.15) is 30.2 Å². The van der Waals surface area contributed by atoms with Gasteiger partial charge in [-0.1, -0.05) is 23.4 Å². The van der Waals surface area contributed by atoms with Crippen molar-refractivity contribution in [3.05, 3.63) is 64.2 Å². The molecule has 1 aromatic carbocycles. The summed E-state index contributed by atoms with van der Waals surface area (Å²) in [5.41, 5.74) is 7.68. The predicted octanol–water partition coefficient (Wildman–Crippen LogP) is 4.21. The predicted molar refractivity (Wildman–Crippen MR) is 110 cm³/mol. The highest BCUT2D eigenvalue weighted by atomic mass is 35.5. The van der Waals surface area contributed by atoms with Crippen molar-refractivity contribution in [2.75, 3.05) is 0 Å². The first kappa shape index (κ1) is 18.7. The Morgan fingerprint density at radius 1 is 1.24 bits per heavy atom. The molecule has 0 bridgehead atoms. The van der Waals surface area contributed by atoms with E-state index in [-0.39, 0.29) is 17.9 Å². The number of hydrogen-bond acceptors (Lipinski definition) is 6. The van der Waals surface area contributed by atoms with Crippen molar-refractivity contribution in [1.29, 1.82) is 0 Å². The molecule has 1 aliphatic carbocycles. The van der Waals surface area contributed by atoms with E-state index in [1.54, 1.807) is 12.1 Å². The van der Waals surface area contributed by atoms with Crippen LogP contribution in [0, 0.1) is 17.6 Å². The summed E-state index contributed by atoms with van der Waals surface area (Å²) in [5, 5.41) is 1.19.